The Morgan fingerprint density at radius 1 is 0.842 bits per heavy atom. The average Bonchev–Trinajstić information content (AvgIpc) is 2.46. The van der Waals surface area contributed by atoms with Crippen LogP contribution in [0.25, 0.3) is 0 Å². The molecule has 0 aromatic heterocycles. The van der Waals surface area contributed by atoms with Gasteiger partial charge in [-0.1, -0.05) is 61.0 Å². The summed E-state index contributed by atoms with van der Waals surface area (Å²) < 4.78 is 11.5. The highest BCUT2D eigenvalue weighted by atomic mass is 31.1. The maximum atomic E-state index is 5.77. The summed E-state index contributed by atoms with van der Waals surface area (Å²) in [7, 11) is 0.814. The van der Waals surface area contributed by atoms with Gasteiger partial charge in [0.15, 0.2) is 0 Å². The van der Waals surface area contributed by atoms with Crippen molar-refractivity contribution in [2.75, 3.05) is 25.8 Å². The summed E-state index contributed by atoms with van der Waals surface area (Å²) in [5.41, 5.74) is 0. The van der Waals surface area contributed by atoms with E-state index in [9.17, 15) is 0 Å². The molecule has 19 heavy (non-hydrogen) atoms. The molecule has 0 saturated carbocycles. The molecule has 1 aliphatic rings. The Labute approximate surface area is 121 Å². The van der Waals surface area contributed by atoms with Crippen LogP contribution in [-0.2, 0) is 9.47 Å². The highest BCUT2D eigenvalue weighted by Crippen LogP contribution is 2.22. The smallest absolute Gasteiger partial charge is 0.219 e. The van der Waals surface area contributed by atoms with Crippen molar-refractivity contribution in [3.05, 3.63) is 0 Å². The minimum atomic E-state index is -0.0653. The average molecular weight is 289 g/mol. The summed E-state index contributed by atoms with van der Waals surface area (Å²) in [6, 6.07) is 0. The molecule has 0 aromatic carbocycles. The largest absolute Gasteiger partial charge is 0.335 e. The van der Waals surface area contributed by atoms with E-state index in [0.29, 0.717) is 0 Å². The van der Waals surface area contributed by atoms with E-state index in [1.807, 2.05) is 0 Å². The van der Waals surface area contributed by atoms with E-state index >= 15 is 0 Å². The number of ether oxygens (including phenoxy) is 2. The zero-order valence-electron chi connectivity index (χ0n) is 12.8. The minimum absolute atomic E-state index is 0.0653. The molecule has 3 nitrogen and oxygen atoms in total. The third kappa shape index (κ3) is 8.24. The third-order valence-electron chi connectivity index (χ3n) is 3.55. The van der Waals surface area contributed by atoms with Crippen molar-refractivity contribution in [1.29, 1.82) is 0 Å². The van der Waals surface area contributed by atoms with Crippen LogP contribution in [0.5, 0.6) is 0 Å². The summed E-state index contributed by atoms with van der Waals surface area (Å²) in [4.78, 5) is 2.41. The zero-order chi connectivity index (χ0) is 13.8. The molecule has 0 amide bonds. The van der Waals surface area contributed by atoms with E-state index in [4.69, 9.17) is 9.47 Å². The van der Waals surface area contributed by atoms with Crippen LogP contribution in [-0.4, -0.2) is 37.1 Å². The lowest BCUT2D eigenvalue weighted by Crippen LogP contribution is -2.42. The van der Waals surface area contributed by atoms with Crippen molar-refractivity contribution in [3.8, 4) is 0 Å². The van der Waals surface area contributed by atoms with Gasteiger partial charge in [-0.2, -0.15) is 0 Å². The fraction of sp³-hybridized carbons (Fsp3) is 1.00. The van der Waals surface area contributed by atoms with E-state index in [0.717, 1.165) is 34.4 Å². The predicted octanol–water partition coefficient (Wildman–Crippen LogP) is 4.37. The van der Waals surface area contributed by atoms with Gasteiger partial charge in [-0.3, -0.25) is 4.90 Å². The van der Waals surface area contributed by atoms with E-state index in [2.05, 4.69) is 18.7 Å². The minimum Gasteiger partial charge on any atom is -0.335 e. The summed E-state index contributed by atoms with van der Waals surface area (Å²) in [6.45, 7) is 6.77. The lowest BCUT2D eigenvalue weighted by atomic mass is 10.2. The Bertz CT molecular complexity index is 187. The zero-order valence-corrected chi connectivity index (χ0v) is 13.8. The van der Waals surface area contributed by atoms with Gasteiger partial charge < -0.3 is 9.47 Å². The van der Waals surface area contributed by atoms with E-state index < -0.39 is 0 Å². The van der Waals surface area contributed by atoms with Crippen LogP contribution >= 0.6 is 8.58 Å². The standard InChI is InChI=1S/C15H32NO2P/c1-3-5-7-9-11-16(12-10-8-6-4-2)15-17-13-19-14-18-15/h15,19H,3-14H2,1-2H3. The van der Waals surface area contributed by atoms with Gasteiger partial charge in [0.25, 0.3) is 0 Å². The molecule has 0 N–H and O–H groups in total. The molecule has 1 saturated heterocycles. The van der Waals surface area contributed by atoms with Crippen LogP contribution in [0.2, 0.25) is 0 Å². The quantitative estimate of drug-likeness (QED) is 0.416. The third-order valence-corrected chi connectivity index (χ3v) is 4.29. The maximum Gasteiger partial charge on any atom is 0.219 e. The molecule has 0 unspecified atom stereocenters. The van der Waals surface area contributed by atoms with E-state index in [-0.39, 0.29) is 6.41 Å². The van der Waals surface area contributed by atoms with Crippen LogP contribution in [0, 0.1) is 0 Å². The summed E-state index contributed by atoms with van der Waals surface area (Å²) in [6.07, 6.45) is 12.2. The lowest BCUT2D eigenvalue weighted by molar-refractivity contribution is -0.214. The second kappa shape index (κ2) is 12.1. The molecule has 0 atom stereocenters. The van der Waals surface area contributed by atoms with E-state index in [1.54, 1.807) is 0 Å². The SMILES string of the molecule is CCCCCCN(CCCCCC)C1OCPCO1. The van der Waals surface area contributed by atoms with Gasteiger partial charge in [0.2, 0.25) is 6.41 Å². The first-order chi connectivity index (χ1) is 9.38. The fourth-order valence-electron chi connectivity index (χ4n) is 2.37. The molecule has 0 bridgehead atoms. The first-order valence-electron chi connectivity index (χ1n) is 8.06. The molecular formula is C15H32NO2P. The number of unbranched alkanes of at least 4 members (excludes halogenated alkanes) is 6. The number of hydrogen-bond donors (Lipinski definition) is 0. The molecule has 114 valence electrons. The summed E-state index contributed by atoms with van der Waals surface area (Å²) in [5.74, 6) is 0. The molecule has 0 radical (unpaired) electrons. The van der Waals surface area contributed by atoms with Gasteiger partial charge >= 0.3 is 0 Å². The Morgan fingerprint density at radius 2 is 1.37 bits per heavy atom. The highest BCUT2D eigenvalue weighted by Gasteiger charge is 2.21. The Balaban J connectivity index is 2.24. The summed E-state index contributed by atoms with van der Waals surface area (Å²) in [5, 5.41) is 0. The number of nitrogens with zero attached hydrogens (tertiary/aromatic N) is 1. The van der Waals surface area contributed by atoms with Crippen LogP contribution in [0.1, 0.15) is 65.2 Å². The van der Waals surface area contributed by atoms with Crippen molar-refractivity contribution < 1.29 is 9.47 Å². The normalized spacial score (nSPS) is 21.3. The molecule has 1 aliphatic heterocycles. The van der Waals surface area contributed by atoms with E-state index in [1.165, 1.54) is 51.4 Å². The van der Waals surface area contributed by atoms with Gasteiger partial charge in [0, 0.05) is 13.1 Å². The molecule has 4 heteroatoms. The van der Waals surface area contributed by atoms with Crippen LogP contribution in [0.15, 0.2) is 0 Å². The van der Waals surface area contributed by atoms with Gasteiger partial charge in [0.1, 0.15) is 0 Å². The first kappa shape index (κ1) is 17.4. The van der Waals surface area contributed by atoms with Crippen molar-refractivity contribution in [1.82, 2.24) is 4.90 Å². The van der Waals surface area contributed by atoms with Crippen LogP contribution in [0.3, 0.4) is 0 Å². The number of rotatable bonds is 11. The van der Waals surface area contributed by atoms with Crippen molar-refractivity contribution in [3.63, 3.8) is 0 Å². The lowest BCUT2D eigenvalue weighted by Gasteiger charge is -2.33. The molecule has 0 aliphatic carbocycles. The van der Waals surface area contributed by atoms with Crippen molar-refractivity contribution in [2.45, 2.75) is 71.6 Å². The second-order valence-electron chi connectivity index (χ2n) is 5.34. The predicted molar refractivity (Wildman–Crippen MR) is 83.9 cm³/mol. The van der Waals surface area contributed by atoms with Crippen LogP contribution in [0.4, 0.5) is 0 Å². The van der Waals surface area contributed by atoms with Gasteiger partial charge in [0.05, 0.1) is 12.7 Å². The topological polar surface area (TPSA) is 21.7 Å². The van der Waals surface area contributed by atoms with Crippen molar-refractivity contribution in [2.24, 2.45) is 0 Å². The summed E-state index contributed by atoms with van der Waals surface area (Å²) >= 11 is 0. The van der Waals surface area contributed by atoms with Gasteiger partial charge in [-0.05, 0) is 12.8 Å². The molecule has 0 spiro atoms. The first-order valence-corrected chi connectivity index (χ1v) is 9.47. The van der Waals surface area contributed by atoms with Crippen LogP contribution < -0.4 is 0 Å². The molecule has 1 fully saturated rings. The Morgan fingerprint density at radius 3 is 1.84 bits per heavy atom. The molecular weight excluding hydrogens is 257 g/mol. The van der Waals surface area contributed by atoms with Gasteiger partial charge in [-0.15, -0.1) is 0 Å². The molecule has 1 heterocycles. The second-order valence-corrected chi connectivity index (χ2v) is 6.41. The Kier molecular flexibility index (Phi) is 11.0. The fourth-order valence-corrected chi connectivity index (χ4v) is 2.97. The molecule has 1 rings (SSSR count). The highest BCUT2D eigenvalue weighted by molar-refractivity contribution is 7.37. The Hall–Kier alpha value is 0.310. The van der Waals surface area contributed by atoms with Gasteiger partial charge in [-0.25, -0.2) is 0 Å². The molecule has 0 aromatic rings. The number of hydrogen-bond acceptors (Lipinski definition) is 3. The monoisotopic (exact) mass is 289 g/mol. The van der Waals surface area contributed by atoms with Crippen molar-refractivity contribution >= 4 is 8.58 Å². The maximum absolute atomic E-state index is 5.77.